The minimum atomic E-state index is 0.333. The molecule has 0 amide bonds. The fraction of sp³-hybridized carbons (Fsp3) is 0.550. The van der Waals surface area contributed by atoms with Gasteiger partial charge < -0.3 is 14.3 Å². The van der Waals surface area contributed by atoms with E-state index in [-0.39, 0.29) is 0 Å². The number of ether oxygens (including phenoxy) is 2. The van der Waals surface area contributed by atoms with Gasteiger partial charge in [-0.3, -0.25) is 0 Å². The molecule has 0 N–H and O–H groups in total. The Labute approximate surface area is 174 Å². The summed E-state index contributed by atoms with van der Waals surface area (Å²) < 4.78 is 12.9. The van der Waals surface area contributed by atoms with E-state index in [1.807, 2.05) is 19.9 Å². The highest BCUT2D eigenvalue weighted by atomic mass is 79.9. The van der Waals surface area contributed by atoms with E-state index in [0.717, 1.165) is 39.0 Å². The summed E-state index contributed by atoms with van der Waals surface area (Å²) in [6, 6.07) is 4.15. The molecule has 0 saturated carbocycles. The van der Waals surface area contributed by atoms with Crippen molar-refractivity contribution < 1.29 is 14.3 Å². The molecular formula is C20H29Br2NO3. The predicted octanol–water partition coefficient (Wildman–Crippen LogP) is 6.56. The van der Waals surface area contributed by atoms with Gasteiger partial charge in [0.05, 0.1) is 9.10 Å². The summed E-state index contributed by atoms with van der Waals surface area (Å²) in [7, 11) is 0. The molecule has 26 heavy (non-hydrogen) atoms. The van der Waals surface area contributed by atoms with Crippen molar-refractivity contribution in [3.63, 3.8) is 0 Å². The van der Waals surface area contributed by atoms with Crippen molar-refractivity contribution in [2.75, 3.05) is 19.8 Å². The summed E-state index contributed by atoms with van der Waals surface area (Å²) >= 11 is 6.69. The first-order chi connectivity index (χ1) is 12.3. The summed E-state index contributed by atoms with van der Waals surface area (Å²) in [5.41, 5.74) is 3.22. The number of hydrogen-bond acceptors (Lipinski definition) is 4. The Morgan fingerprint density at radius 3 is 2.46 bits per heavy atom. The van der Waals surface area contributed by atoms with Gasteiger partial charge in [-0.2, -0.15) is 0 Å². The molecule has 0 aliphatic rings. The van der Waals surface area contributed by atoms with Crippen molar-refractivity contribution in [1.82, 2.24) is 0 Å². The van der Waals surface area contributed by atoms with Crippen molar-refractivity contribution in [2.24, 2.45) is 5.16 Å². The molecular weight excluding hydrogens is 462 g/mol. The van der Waals surface area contributed by atoms with Gasteiger partial charge in [-0.1, -0.05) is 32.3 Å². The van der Waals surface area contributed by atoms with Crippen LogP contribution in [0.5, 0.6) is 11.5 Å². The number of benzene rings is 1. The van der Waals surface area contributed by atoms with E-state index in [9.17, 15) is 0 Å². The van der Waals surface area contributed by atoms with Crippen LogP contribution in [-0.4, -0.2) is 25.5 Å². The standard InChI is InChI=1S/C20H29Br2NO3/c1-6-7-16-12-17(24-9-8-19(21)22)13-18(14(2)3)20(16)25-10-11-26-23-15(4)5/h8,12-14H,6-7,9-11H2,1-5H3. The Kier molecular flexibility index (Phi) is 11.0. The molecule has 0 saturated heterocycles. The average molecular weight is 491 g/mol. The molecule has 1 rings (SSSR count). The molecule has 146 valence electrons. The first-order valence-electron chi connectivity index (χ1n) is 8.91. The van der Waals surface area contributed by atoms with Crippen molar-refractivity contribution in [1.29, 1.82) is 0 Å². The second-order valence-corrected chi connectivity index (χ2v) is 9.20. The second kappa shape index (κ2) is 12.4. The Morgan fingerprint density at radius 1 is 1.15 bits per heavy atom. The number of aryl methyl sites for hydroxylation is 1. The van der Waals surface area contributed by atoms with Crippen molar-refractivity contribution >= 4 is 37.6 Å². The molecule has 0 aliphatic heterocycles. The SMILES string of the molecule is CCCc1cc(OCC=C(Br)Br)cc(C(C)C)c1OCCON=C(C)C. The molecule has 0 bridgehead atoms. The zero-order valence-corrected chi connectivity index (χ0v) is 19.4. The number of hydrogen-bond donors (Lipinski definition) is 0. The topological polar surface area (TPSA) is 40.0 Å². The van der Waals surface area contributed by atoms with Gasteiger partial charge >= 0.3 is 0 Å². The minimum absolute atomic E-state index is 0.333. The molecule has 0 atom stereocenters. The highest BCUT2D eigenvalue weighted by molar-refractivity contribution is 9.28. The molecule has 1 aromatic carbocycles. The molecule has 0 aliphatic carbocycles. The number of nitrogens with zero attached hydrogens (tertiary/aromatic N) is 1. The van der Waals surface area contributed by atoms with Crippen molar-refractivity contribution in [3.05, 3.63) is 32.7 Å². The van der Waals surface area contributed by atoms with Gasteiger partial charge in [-0.05, 0) is 81.8 Å². The van der Waals surface area contributed by atoms with Gasteiger partial charge in [-0.25, -0.2) is 0 Å². The van der Waals surface area contributed by atoms with E-state index in [4.69, 9.17) is 14.3 Å². The van der Waals surface area contributed by atoms with Crippen LogP contribution < -0.4 is 9.47 Å². The Bertz CT molecular complexity index is 620. The van der Waals surface area contributed by atoms with E-state index in [0.29, 0.717) is 25.7 Å². The Morgan fingerprint density at radius 2 is 1.88 bits per heavy atom. The molecule has 0 radical (unpaired) electrons. The van der Waals surface area contributed by atoms with Crippen LogP contribution >= 0.6 is 31.9 Å². The highest BCUT2D eigenvalue weighted by Crippen LogP contribution is 2.35. The van der Waals surface area contributed by atoms with Gasteiger partial charge in [0, 0.05) is 5.56 Å². The Hall–Kier alpha value is -1.01. The summed E-state index contributed by atoms with van der Waals surface area (Å²) in [4.78, 5) is 5.24. The Balaban J connectivity index is 2.97. The first kappa shape index (κ1) is 23.0. The third kappa shape index (κ3) is 8.58. The van der Waals surface area contributed by atoms with E-state index in [1.54, 1.807) is 0 Å². The van der Waals surface area contributed by atoms with Crippen LogP contribution in [0.25, 0.3) is 0 Å². The zero-order valence-electron chi connectivity index (χ0n) is 16.3. The number of halogens is 2. The molecule has 0 fully saturated rings. The second-order valence-electron chi connectivity index (χ2n) is 6.43. The fourth-order valence-corrected chi connectivity index (χ4v) is 2.65. The highest BCUT2D eigenvalue weighted by Gasteiger charge is 2.15. The summed E-state index contributed by atoms with van der Waals surface area (Å²) in [5, 5.41) is 3.94. The lowest BCUT2D eigenvalue weighted by molar-refractivity contribution is 0.106. The quantitative estimate of drug-likeness (QED) is 0.200. The largest absolute Gasteiger partial charge is 0.489 e. The third-order valence-electron chi connectivity index (χ3n) is 3.47. The third-order valence-corrected chi connectivity index (χ3v) is 4.11. The molecule has 0 spiro atoms. The molecule has 0 aromatic heterocycles. The summed E-state index contributed by atoms with van der Waals surface area (Å²) in [6.07, 6.45) is 3.91. The van der Waals surface area contributed by atoms with Crippen LogP contribution in [0.2, 0.25) is 0 Å². The predicted molar refractivity (Wildman–Crippen MR) is 116 cm³/mol. The van der Waals surface area contributed by atoms with E-state index < -0.39 is 0 Å². The maximum Gasteiger partial charge on any atom is 0.151 e. The molecule has 4 nitrogen and oxygen atoms in total. The normalized spacial score (nSPS) is 10.5. The van der Waals surface area contributed by atoms with Gasteiger partial charge in [-0.15, -0.1) is 0 Å². The van der Waals surface area contributed by atoms with Gasteiger partial charge in [0.15, 0.2) is 6.61 Å². The van der Waals surface area contributed by atoms with E-state index in [2.05, 4.69) is 69.9 Å². The first-order valence-corrected chi connectivity index (χ1v) is 10.5. The van der Waals surface area contributed by atoms with Crippen molar-refractivity contribution in [3.8, 4) is 11.5 Å². The van der Waals surface area contributed by atoms with Gasteiger partial charge in [0.2, 0.25) is 0 Å². The smallest absolute Gasteiger partial charge is 0.151 e. The fourth-order valence-electron chi connectivity index (χ4n) is 2.38. The lowest BCUT2D eigenvalue weighted by Crippen LogP contribution is -2.09. The average Bonchev–Trinajstić information content (AvgIpc) is 2.55. The molecule has 0 heterocycles. The molecule has 0 unspecified atom stereocenters. The van der Waals surface area contributed by atoms with Crippen molar-refractivity contribution in [2.45, 2.75) is 53.4 Å². The summed E-state index contributed by atoms with van der Waals surface area (Å²) in [5.74, 6) is 2.15. The van der Waals surface area contributed by atoms with Crippen LogP contribution in [-0.2, 0) is 11.3 Å². The van der Waals surface area contributed by atoms with Crippen LogP contribution in [0.4, 0.5) is 0 Å². The van der Waals surface area contributed by atoms with Gasteiger partial charge in [0.1, 0.15) is 24.7 Å². The van der Waals surface area contributed by atoms with E-state index in [1.165, 1.54) is 5.56 Å². The van der Waals surface area contributed by atoms with Crippen LogP contribution in [0.15, 0.2) is 26.8 Å². The zero-order chi connectivity index (χ0) is 19.5. The maximum absolute atomic E-state index is 6.08. The van der Waals surface area contributed by atoms with Crippen LogP contribution in [0, 0.1) is 0 Å². The van der Waals surface area contributed by atoms with E-state index >= 15 is 0 Å². The lowest BCUT2D eigenvalue weighted by Gasteiger charge is -2.20. The number of rotatable bonds is 11. The maximum atomic E-state index is 6.08. The molecule has 6 heteroatoms. The van der Waals surface area contributed by atoms with Gasteiger partial charge in [0.25, 0.3) is 0 Å². The monoisotopic (exact) mass is 489 g/mol. The lowest BCUT2D eigenvalue weighted by atomic mass is 9.96. The molecule has 1 aromatic rings. The minimum Gasteiger partial charge on any atom is -0.489 e. The number of oxime groups is 1. The van der Waals surface area contributed by atoms with Crippen LogP contribution in [0.3, 0.4) is 0 Å². The van der Waals surface area contributed by atoms with Crippen LogP contribution in [0.1, 0.15) is 58.1 Å². The summed E-state index contributed by atoms with van der Waals surface area (Å²) in [6.45, 7) is 11.7.